The van der Waals surface area contributed by atoms with E-state index in [1.807, 2.05) is 0 Å². The van der Waals surface area contributed by atoms with E-state index < -0.39 is 0 Å². The number of aromatic nitrogens is 2. The zero-order valence-corrected chi connectivity index (χ0v) is 9.49. The minimum atomic E-state index is 0.348. The van der Waals surface area contributed by atoms with Crippen molar-refractivity contribution in [1.82, 2.24) is 10.1 Å². The highest BCUT2D eigenvalue weighted by Gasteiger charge is 2.24. The van der Waals surface area contributed by atoms with Gasteiger partial charge >= 0.3 is 0 Å². The van der Waals surface area contributed by atoms with Gasteiger partial charge in [-0.05, 0) is 0 Å². The summed E-state index contributed by atoms with van der Waals surface area (Å²) in [4.78, 5) is 5.81. The molecule has 0 bridgehead atoms. The second kappa shape index (κ2) is 4.31. The first-order valence-corrected chi connectivity index (χ1v) is 5.67. The molecule has 0 aromatic carbocycles. The average molecular weight is 209 g/mol. The van der Waals surface area contributed by atoms with Crippen LogP contribution in [0.3, 0.4) is 0 Å². The summed E-state index contributed by atoms with van der Waals surface area (Å²) in [5.41, 5.74) is 0. The van der Waals surface area contributed by atoms with Gasteiger partial charge in [-0.15, -0.1) is 0 Å². The maximum absolute atomic E-state index is 5.31. The summed E-state index contributed by atoms with van der Waals surface area (Å²) in [6.45, 7) is 6.36. The lowest BCUT2D eigenvalue weighted by atomic mass is 9.97. The van der Waals surface area contributed by atoms with Crippen molar-refractivity contribution in [2.24, 2.45) is 0 Å². The van der Waals surface area contributed by atoms with Gasteiger partial charge in [0.15, 0.2) is 5.82 Å². The Hall–Kier alpha value is -0.900. The first kappa shape index (κ1) is 10.6. The number of quaternary nitrogens is 1. The Labute approximate surface area is 90.7 Å². The quantitative estimate of drug-likeness (QED) is 0.731. The topological polar surface area (TPSA) is 43.4 Å². The molecule has 4 heteroatoms. The van der Waals surface area contributed by atoms with Gasteiger partial charge < -0.3 is 9.42 Å². The van der Waals surface area contributed by atoms with Crippen LogP contribution >= 0.6 is 0 Å². The summed E-state index contributed by atoms with van der Waals surface area (Å²) in [6, 6.07) is 0. The highest BCUT2D eigenvalue weighted by molar-refractivity contribution is 4.97. The van der Waals surface area contributed by atoms with Gasteiger partial charge in [0.05, 0.1) is 13.1 Å². The van der Waals surface area contributed by atoms with Gasteiger partial charge in [-0.25, -0.2) is 0 Å². The highest BCUT2D eigenvalue weighted by Crippen LogP contribution is 2.23. The number of rotatable bonds is 2. The number of nitrogens with one attached hydrogen (secondary N) is 1. The van der Waals surface area contributed by atoms with Crippen LogP contribution in [0.4, 0.5) is 0 Å². The van der Waals surface area contributed by atoms with Crippen molar-refractivity contribution >= 4 is 0 Å². The van der Waals surface area contributed by atoms with E-state index in [-0.39, 0.29) is 0 Å². The van der Waals surface area contributed by atoms with Crippen molar-refractivity contribution in [2.75, 3.05) is 13.1 Å². The van der Waals surface area contributed by atoms with Gasteiger partial charge in [0.25, 0.3) is 0 Å². The summed E-state index contributed by atoms with van der Waals surface area (Å²) in [5.74, 6) is 2.46. The fourth-order valence-electron chi connectivity index (χ4n) is 1.92. The molecule has 1 fully saturated rings. The van der Waals surface area contributed by atoms with Crippen LogP contribution in [0, 0.1) is 7.05 Å². The van der Waals surface area contributed by atoms with Gasteiger partial charge in [0, 0.05) is 24.7 Å². The first-order valence-electron chi connectivity index (χ1n) is 5.67. The van der Waals surface area contributed by atoms with Gasteiger partial charge in [-0.3, -0.25) is 0 Å². The largest absolute Gasteiger partial charge is 0.468 e. The lowest BCUT2D eigenvalue weighted by Crippen LogP contribution is -3.07. The van der Waals surface area contributed by atoms with Crippen LogP contribution < -0.4 is 4.90 Å². The molecule has 84 valence electrons. The van der Waals surface area contributed by atoms with E-state index >= 15 is 0 Å². The molecule has 2 rings (SSSR count). The molecular weight excluding hydrogens is 190 g/mol. The summed E-state index contributed by atoms with van der Waals surface area (Å²) >= 11 is 0. The molecule has 2 heterocycles. The van der Waals surface area contributed by atoms with E-state index in [4.69, 9.17) is 4.52 Å². The van der Waals surface area contributed by atoms with E-state index in [9.17, 15) is 0 Å². The van der Waals surface area contributed by atoms with Crippen LogP contribution in [0.1, 0.15) is 50.2 Å². The Bertz CT molecular complexity index is 313. The third-order valence-corrected chi connectivity index (χ3v) is 3.02. The Balaban J connectivity index is 2.03. The Morgan fingerprint density at radius 1 is 1.40 bits per heavy atom. The normalized spacial score (nSPS) is 27.2. The molecule has 1 aromatic heterocycles. The molecule has 15 heavy (non-hydrogen) atoms. The third-order valence-electron chi connectivity index (χ3n) is 3.02. The Morgan fingerprint density at radius 3 is 2.60 bits per heavy atom. The number of piperidine rings is 1. The van der Waals surface area contributed by atoms with Gasteiger partial charge in [-0.2, -0.15) is 12.0 Å². The molecule has 1 N–H and O–H groups in total. The smallest absolute Gasteiger partial charge is 0.230 e. The molecule has 0 atom stereocenters. The van der Waals surface area contributed by atoms with Crippen LogP contribution in [0.2, 0.25) is 0 Å². The molecular formula is C11H19N3O. The van der Waals surface area contributed by atoms with E-state index in [1.165, 1.54) is 4.90 Å². The molecule has 0 radical (unpaired) electrons. The molecule has 1 aliphatic rings. The van der Waals surface area contributed by atoms with Crippen molar-refractivity contribution < 1.29 is 9.42 Å². The summed E-state index contributed by atoms with van der Waals surface area (Å²) < 4.78 is 5.31. The number of hydrogen-bond donors (Lipinski definition) is 1. The predicted molar refractivity (Wildman–Crippen MR) is 56.4 cm³/mol. The second-order valence-electron chi connectivity index (χ2n) is 4.67. The molecule has 0 spiro atoms. The number of hydrogen-bond acceptors (Lipinski definition) is 3. The van der Waals surface area contributed by atoms with Gasteiger partial charge in [0.1, 0.15) is 0 Å². The van der Waals surface area contributed by atoms with Crippen LogP contribution in [-0.4, -0.2) is 23.2 Å². The lowest BCUT2D eigenvalue weighted by molar-refractivity contribution is -0.859. The first-order chi connectivity index (χ1) is 7.16. The SMILES string of the molecule is [CH2-][NH+]1CCC(c2nc(C(C)C)no2)CC1. The molecule has 0 aliphatic carbocycles. The number of nitrogens with zero attached hydrogens (tertiary/aromatic N) is 2. The van der Waals surface area contributed by atoms with Crippen molar-refractivity contribution in [2.45, 2.75) is 38.5 Å². The predicted octanol–water partition coefficient (Wildman–Crippen LogP) is 0.747. The van der Waals surface area contributed by atoms with Crippen molar-refractivity contribution in [3.63, 3.8) is 0 Å². The van der Waals surface area contributed by atoms with Gasteiger partial charge in [0.2, 0.25) is 5.89 Å². The van der Waals surface area contributed by atoms with Crippen LogP contribution in [0.25, 0.3) is 0 Å². The van der Waals surface area contributed by atoms with Gasteiger partial charge in [-0.1, -0.05) is 19.0 Å². The second-order valence-corrected chi connectivity index (χ2v) is 4.67. The van der Waals surface area contributed by atoms with Crippen molar-refractivity contribution in [3.05, 3.63) is 18.8 Å². The summed E-state index contributed by atoms with van der Waals surface area (Å²) in [7, 11) is 4.01. The van der Waals surface area contributed by atoms with Crippen LogP contribution in [0.15, 0.2) is 4.52 Å². The van der Waals surface area contributed by atoms with Crippen LogP contribution in [-0.2, 0) is 0 Å². The zero-order chi connectivity index (χ0) is 10.8. The summed E-state index contributed by atoms with van der Waals surface area (Å²) in [6.07, 6.45) is 2.22. The maximum atomic E-state index is 5.31. The molecule has 0 amide bonds. The fourth-order valence-corrected chi connectivity index (χ4v) is 1.92. The monoisotopic (exact) mass is 209 g/mol. The van der Waals surface area contributed by atoms with Crippen molar-refractivity contribution in [1.29, 1.82) is 0 Å². The van der Waals surface area contributed by atoms with Crippen molar-refractivity contribution in [3.8, 4) is 0 Å². The molecule has 1 aromatic rings. The Kier molecular flexibility index (Phi) is 3.05. The molecule has 1 saturated heterocycles. The van der Waals surface area contributed by atoms with E-state index in [0.717, 1.165) is 37.6 Å². The molecule has 0 saturated carbocycles. The number of likely N-dealkylation sites (tertiary alicyclic amines) is 1. The van der Waals surface area contributed by atoms with E-state index in [0.29, 0.717) is 11.8 Å². The zero-order valence-electron chi connectivity index (χ0n) is 9.49. The average Bonchev–Trinajstić information content (AvgIpc) is 2.68. The van der Waals surface area contributed by atoms with E-state index in [2.05, 4.69) is 31.0 Å². The standard InChI is InChI=1S/C11H19N3O/c1-8(2)10-12-11(15-13-10)9-4-6-14(3)7-5-9/h8-9,14H,3-7H2,1-2H3. The molecule has 4 nitrogen and oxygen atoms in total. The third kappa shape index (κ3) is 2.37. The minimum absolute atomic E-state index is 0.348. The minimum Gasteiger partial charge on any atom is -0.468 e. The highest BCUT2D eigenvalue weighted by atomic mass is 16.5. The van der Waals surface area contributed by atoms with Crippen LogP contribution in [0.5, 0.6) is 0 Å². The fraction of sp³-hybridized carbons (Fsp3) is 0.727. The van der Waals surface area contributed by atoms with E-state index in [1.54, 1.807) is 0 Å². The summed E-state index contributed by atoms with van der Waals surface area (Å²) in [5, 5.41) is 4.00. The Morgan fingerprint density at radius 2 is 2.07 bits per heavy atom. The molecule has 0 unspecified atom stereocenters. The lowest BCUT2D eigenvalue weighted by Gasteiger charge is -2.29. The maximum Gasteiger partial charge on any atom is 0.230 e. The molecule has 1 aliphatic heterocycles.